The van der Waals surface area contributed by atoms with E-state index in [0.717, 1.165) is 36.2 Å². The zero-order valence-electron chi connectivity index (χ0n) is 16.2. The second-order valence-corrected chi connectivity index (χ2v) is 9.46. The molecule has 0 aliphatic carbocycles. The van der Waals surface area contributed by atoms with Gasteiger partial charge in [-0.1, -0.05) is 17.7 Å². The maximum absolute atomic E-state index is 13.4. The van der Waals surface area contributed by atoms with Crippen molar-refractivity contribution in [3.63, 3.8) is 0 Å². The van der Waals surface area contributed by atoms with Gasteiger partial charge in [0.05, 0.1) is 4.90 Å². The number of rotatable bonds is 3. The van der Waals surface area contributed by atoms with Crippen molar-refractivity contribution >= 4 is 15.9 Å². The van der Waals surface area contributed by atoms with Crippen molar-refractivity contribution in [1.82, 2.24) is 14.1 Å². The molecule has 2 aliphatic rings. The van der Waals surface area contributed by atoms with Crippen LogP contribution in [0, 0.1) is 20.8 Å². The van der Waals surface area contributed by atoms with Gasteiger partial charge in [-0.15, -0.1) is 0 Å². The number of hydrogen-bond acceptors (Lipinski definition) is 4. The Balaban J connectivity index is 1.89. The minimum absolute atomic E-state index is 0.0402. The normalized spacial score (nSPS) is 22.8. The van der Waals surface area contributed by atoms with Crippen molar-refractivity contribution < 1.29 is 13.2 Å². The third-order valence-corrected chi connectivity index (χ3v) is 7.69. The number of likely N-dealkylation sites (N-methyl/N-ethyl adjacent to an activating group) is 1. The molecule has 2 fully saturated rings. The molecule has 2 heterocycles. The van der Waals surface area contributed by atoms with Crippen LogP contribution >= 0.6 is 0 Å². The van der Waals surface area contributed by atoms with Gasteiger partial charge in [0.2, 0.25) is 15.9 Å². The van der Waals surface area contributed by atoms with Crippen LogP contribution in [0.5, 0.6) is 0 Å². The van der Waals surface area contributed by atoms with E-state index in [1.807, 2.05) is 44.9 Å². The van der Waals surface area contributed by atoms with E-state index in [1.54, 1.807) is 0 Å². The van der Waals surface area contributed by atoms with Gasteiger partial charge >= 0.3 is 0 Å². The molecule has 0 bridgehead atoms. The molecule has 1 amide bonds. The molecular weight excluding hydrogens is 350 g/mol. The molecule has 144 valence electrons. The Bertz CT molecular complexity index is 775. The molecule has 2 saturated heterocycles. The summed E-state index contributed by atoms with van der Waals surface area (Å²) in [6, 6.07) is 3.23. The zero-order chi connectivity index (χ0) is 19.1. The number of benzene rings is 1. The van der Waals surface area contributed by atoms with Crippen molar-refractivity contribution in [3.8, 4) is 0 Å². The maximum atomic E-state index is 13.4. The molecule has 7 heteroatoms. The van der Waals surface area contributed by atoms with E-state index in [-0.39, 0.29) is 5.91 Å². The smallest absolute Gasteiger partial charge is 0.244 e. The summed E-state index contributed by atoms with van der Waals surface area (Å²) in [6.07, 6.45) is 1.34. The fraction of sp³-hybridized carbons (Fsp3) is 0.632. The minimum Gasteiger partial charge on any atom is -0.339 e. The van der Waals surface area contributed by atoms with Gasteiger partial charge in [-0.2, -0.15) is 4.31 Å². The lowest BCUT2D eigenvalue weighted by Gasteiger charge is -2.35. The van der Waals surface area contributed by atoms with Crippen LogP contribution in [0.2, 0.25) is 0 Å². The van der Waals surface area contributed by atoms with Crippen molar-refractivity contribution in [3.05, 3.63) is 28.8 Å². The van der Waals surface area contributed by atoms with E-state index in [9.17, 15) is 13.2 Å². The average Bonchev–Trinajstić information content (AvgIpc) is 3.04. The Kier molecular flexibility index (Phi) is 5.42. The van der Waals surface area contributed by atoms with Gasteiger partial charge < -0.3 is 9.80 Å². The van der Waals surface area contributed by atoms with E-state index in [2.05, 4.69) is 4.90 Å². The van der Waals surface area contributed by atoms with Gasteiger partial charge in [-0.05, 0) is 51.8 Å². The molecule has 1 atom stereocenters. The molecule has 6 nitrogen and oxygen atoms in total. The van der Waals surface area contributed by atoms with Crippen molar-refractivity contribution in [1.29, 1.82) is 0 Å². The molecule has 0 aromatic heterocycles. The van der Waals surface area contributed by atoms with Gasteiger partial charge in [0, 0.05) is 32.7 Å². The zero-order valence-corrected chi connectivity index (χ0v) is 17.0. The SMILES string of the molecule is Cc1cc(C)c(S(=O)(=O)N2CCCC2C(=O)N2CCN(C)CC2)c(C)c1. The number of aryl methyl sites for hydroxylation is 3. The van der Waals surface area contributed by atoms with Crippen LogP contribution in [0.25, 0.3) is 0 Å². The average molecular weight is 380 g/mol. The van der Waals surface area contributed by atoms with Crippen LogP contribution < -0.4 is 0 Å². The number of sulfonamides is 1. The van der Waals surface area contributed by atoms with Gasteiger partial charge in [-0.3, -0.25) is 4.79 Å². The van der Waals surface area contributed by atoms with Crippen molar-refractivity contribution in [2.75, 3.05) is 39.8 Å². The number of hydrogen-bond donors (Lipinski definition) is 0. The van der Waals surface area contributed by atoms with E-state index in [4.69, 9.17) is 0 Å². The maximum Gasteiger partial charge on any atom is 0.244 e. The first-order chi connectivity index (χ1) is 12.2. The molecular formula is C19H29N3O3S. The third-order valence-electron chi connectivity index (χ3n) is 5.48. The Morgan fingerprint density at radius 2 is 1.58 bits per heavy atom. The van der Waals surface area contributed by atoms with E-state index in [1.165, 1.54) is 4.31 Å². The summed E-state index contributed by atoms with van der Waals surface area (Å²) in [4.78, 5) is 17.4. The first kappa shape index (κ1) is 19.3. The fourth-order valence-corrected chi connectivity index (χ4v) is 6.27. The first-order valence-electron chi connectivity index (χ1n) is 9.29. The summed E-state index contributed by atoms with van der Waals surface area (Å²) in [5, 5.41) is 0. The topological polar surface area (TPSA) is 60.9 Å². The molecule has 1 unspecified atom stereocenters. The van der Waals surface area contributed by atoms with E-state index >= 15 is 0 Å². The van der Waals surface area contributed by atoms with Gasteiger partial charge in [0.15, 0.2) is 0 Å². The Morgan fingerprint density at radius 3 is 2.15 bits per heavy atom. The van der Waals surface area contributed by atoms with Gasteiger partial charge in [0.1, 0.15) is 6.04 Å². The predicted molar refractivity (Wildman–Crippen MR) is 102 cm³/mol. The van der Waals surface area contributed by atoms with Gasteiger partial charge in [0.25, 0.3) is 0 Å². The molecule has 3 rings (SSSR count). The molecule has 0 spiro atoms. The lowest BCUT2D eigenvalue weighted by molar-refractivity contribution is -0.136. The Morgan fingerprint density at radius 1 is 1.00 bits per heavy atom. The predicted octanol–water partition coefficient (Wildman–Crippen LogP) is 1.54. The minimum atomic E-state index is -3.69. The summed E-state index contributed by atoms with van der Waals surface area (Å²) in [5.74, 6) is -0.0402. The monoisotopic (exact) mass is 379 g/mol. The fourth-order valence-electron chi connectivity index (χ4n) is 4.20. The second-order valence-electron chi connectivity index (χ2n) is 7.63. The molecule has 1 aromatic carbocycles. The summed E-state index contributed by atoms with van der Waals surface area (Å²) in [5.41, 5.74) is 2.55. The highest BCUT2D eigenvalue weighted by Gasteiger charge is 2.42. The number of piperazine rings is 1. The quantitative estimate of drug-likeness (QED) is 0.799. The summed E-state index contributed by atoms with van der Waals surface area (Å²) < 4.78 is 28.2. The highest BCUT2D eigenvalue weighted by atomic mass is 32.2. The van der Waals surface area contributed by atoms with Crippen molar-refractivity contribution in [2.24, 2.45) is 0 Å². The molecule has 0 radical (unpaired) electrons. The standard InChI is InChI=1S/C19H29N3O3S/c1-14-12-15(2)18(16(3)13-14)26(24,25)22-7-5-6-17(22)19(23)21-10-8-20(4)9-11-21/h12-13,17H,5-11H2,1-4H3. The first-order valence-corrected chi connectivity index (χ1v) is 10.7. The highest BCUT2D eigenvalue weighted by molar-refractivity contribution is 7.89. The lowest BCUT2D eigenvalue weighted by Crippen LogP contribution is -2.53. The largest absolute Gasteiger partial charge is 0.339 e. The highest BCUT2D eigenvalue weighted by Crippen LogP contribution is 2.31. The molecule has 0 saturated carbocycles. The van der Waals surface area contributed by atoms with Crippen LogP contribution in [0.15, 0.2) is 17.0 Å². The van der Waals surface area contributed by atoms with Crippen molar-refractivity contribution in [2.45, 2.75) is 44.6 Å². The molecule has 2 aliphatic heterocycles. The Labute approximate surface area is 156 Å². The molecule has 1 aromatic rings. The Hall–Kier alpha value is -1.44. The number of carbonyl (C=O) groups is 1. The number of carbonyl (C=O) groups excluding carboxylic acids is 1. The second kappa shape index (κ2) is 7.29. The van der Waals surface area contributed by atoms with Crippen LogP contribution in [-0.2, 0) is 14.8 Å². The number of nitrogens with zero attached hydrogens (tertiary/aromatic N) is 3. The summed E-state index contributed by atoms with van der Waals surface area (Å²) in [7, 11) is -1.65. The molecule has 0 N–H and O–H groups in total. The number of amides is 1. The molecule has 26 heavy (non-hydrogen) atoms. The van der Waals surface area contributed by atoms with Crippen LogP contribution in [0.4, 0.5) is 0 Å². The van der Waals surface area contributed by atoms with Crippen LogP contribution in [0.3, 0.4) is 0 Å². The van der Waals surface area contributed by atoms with E-state index < -0.39 is 16.1 Å². The van der Waals surface area contributed by atoms with E-state index in [0.29, 0.717) is 31.0 Å². The van der Waals surface area contributed by atoms with Crippen LogP contribution in [-0.4, -0.2) is 74.2 Å². The summed E-state index contributed by atoms with van der Waals surface area (Å²) in [6.45, 7) is 9.05. The third kappa shape index (κ3) is 3.52. The van der Waals surface area contributed by atoms with Crippen LogP contribution in [0.1, 0.15) is 29.5 Å². The summed E-state index contributed by atoms with van der Waals surface area (Å²) >= 11 is 0. The van der Waals surface area contributed by atoms with Gasteiger partial charge in [-0.25, -0.2) is 8.42 Å². The lowest BCUT2D eigenvalue weighted by atomic mass is 10.1.